The van der Waals surface area contributed by atoms with Crippen molar-refractivity contribution < 1.29 is 19.1 Å². The number of methoxy groups -OCH3 is 1. The van der Waals surface area contributed by atoms with Crippen molar-refractivity contribution in [3.05, 3.63) is 89.5 Å². The van der Waals surface area contributed by atoms with E-state index in [-0.39, 0.29) is 11.8 Å². The number of carbonyl (C=O) groups is 2. The van der Waals surface area contributed by atoms with Crippen LogP contribution in [0.5, 0.6) is 5.75 Å². The van der Waals surface area contributed by atoms with Gasteiger partial charge in [0.05, 0.1) is 6.61 Å². The van der Waals surface area contributed by atoms with Crippen LogP contribution in [0.15, 0.2) is 72.8 Å². The second-order valence-corrected chi connectivity index (χ2v) is 6.67. The second kappa shape index (κ2) is 10.2. The van der Waals surface area contributed by atoms with Gasteiger partial charge in [-0.3, -0.25) is 9.59 Å². The van der Waals surface area contributed by atoms with E-state index in [0.717, 1.165) is 5.56 Å². The molecule has 0 atom stereocenters. The fourth-order valence-electron chi connectivity index (χ4n) is 2.81. The lowest BCUT2D eigenvalue weighted by molar-refractivity contribution is 0.101. The standard InChI is InChI=1S/C24H24N2O4/c1-17-16-20(10-13-22(17)26-24(28)18-6-4-3-5-7-18)25-23(27)19-8-11-21(12-9-19)30-15-14-29-2/h3-13,16H,14-15H2,1-2H3,(H,25,27)(H,26,28). The summed E-state index contributed by atoms with van der Waals surface area (Å²) >= 11 is 0. The number of carbonyl (C=O) groups excluding carboxylic acids is 2. The van der Waals surface area contributed by atoms with Gasteiger partial charge in [-0.2, -0.15) is 0 Å². The van der Waals surface area contributed by atoms with E-state index in [4.69, 9.17) is 9.47 Å². The fourth-order valence-corrected chi connectivity index (χ4v) is 2.81. The monoisotopic (exact) mass is 404 g/mol. The summed E-state index contributed by atoms with van der Waals surface area (Å²) in [6, 6.07) is 21.3. The van der Waals surface area contributed by atoms with Gasteiger partial charge in [0.15, 0.2) is 0 Å². The maximum Gasteiger partial charge on any atom is 0.255 e. The van der Waals surface area contributed by atoms with Crippen LogP contribution in [-0.4, -0.2) is 32.1 Å². The first kappa shape index (κ1) is 21.1. The Balaban J connectivity index is 1.61. The molecular formula is C24H24N2O4. The minimum Gasteiger partial charge on any atom is -0.491 e. The molecule has 2 amide bonds. The number of aryl methyl sites for hydroxylation is 1. The van der Waals surface area contributed by atoms with Crippen LogP contribution in [0.1, 0.15) is 26.3 Å². The number of anilines is 2. The summed E-state index contributed by atoms with van der Waals surface area (Å²) in [5.41, 5.74) is 3.30. The summed E-state index contributed by atoms with van der Waals surface area (Å²) in [5, 5.41) is 5.76. The van der Waals surface area contributed by atoms with Crippen molar-refractivity contribution in [2.45, 2.75) is 6.92 Å². The first-order valence-corrected chi connectivity index (χ1v) is 9.57. The molecule has 3 aromatic carbocycles. The molecule has 6 heteroatoms. The highest BCUT2D eigenvalue weighted by Crippen LogP contribution is 2.21. The number of ether oxygens (including phenoxy) is 2. The van der Waals surface area contributed by atoms with Gasteiger partial charge in [0.2, 0.25) is 0 Å². The van der Waals surface area contributed by atoms with Gasteiger partial charge in [-0.15, -0.1) is 0 Å². The molecule has 0 spiro atoms. The average Bonchev–Trinajstić information content (AvgIpc) is 2.77. The van der Waals surface area contributed by atoms with Crippen LogP contribution in [0.2, 0.25) is 0 Å². The topological polar surface area (TPSA) is 76.7 Å². The molecule has 0 unspecified atom stereocenters. The van der Waals surface area contributed by atoms with Gasteiger partial charge < -0.3 is 20.1 Å². The number of nitrogens with one attached hydrogen (secondary N) is 2. The molecule has 6 nitrogen and oxygen atoms in total. The van der Waals surface area contributed by atoms with Crippen molar-refractivity contribution in [2.75, 3.05) is 31.0 Å². The zero-order valence-corrected chi connectivity index (χ0v) is 17.0. The molecule has 3 rings (SSSR count). The van der Waals surface area contributed by atoms with Gasteiger partial charge in [-0.25, -0.2) is 0 Å². The first-order chi connectivity index (χ1) is 14.6. The molecule has 0 aliphatic carbocycles. The van der Waals surface area contributed by atoms with E-state index in [1.165, 1.54) is 0 Å². The van der Waals surface area contributed by atoms with Crippen molar-refractivity contribution in [1.82, 2.24) is 0 Å². The lowest BCUT2D eigenvalue weighted by Gasteiger charge is -2.12. The normalized spacial score (nSPS) is 10.3. The van der Waals surface area contributed by atoms with Crippen LogP contribution in [-0.2, 0) is 4.74 Å². The number of amides is 2. The lowest BCUT2D eigenvalue weighted by atomic mass is 10.1. The van der Waals surface area contributed by atoms with Crippen LogP contribution in [0.25, 0.3) is 0 Å². The number of hydrogen-bond acceptors (Lipinski definition) is 4. The third-order valence-electron chi connectivity index (χ3n) is 4.44. The summed E-state index contributed by atoms with van der Waals surface area (Å²) in [6.45, 7) is 2.83. The van der Waals surface area contributed by atoms with Crippen LogP contribution in [0.3, 0.4) is 0 Å². The largest absolute Gasteiger partial charge is 0.491 e. The van der Waals surface area contributed by atoms with Gasteiger partial charge in [0.25, 0.3) is 11.8 Å². The van der Waals surface area contributed by atoms with Crippen molar-refractivity contribution >= 4 is 23.2 Å². The van der Waals surface area contributed by atoms with Crippen molar-refractivity contribution in [2.24, 2.45) is 0 Å². The molecule has 0 aromatic heterocycles. The Morgan fingerprint density at radius 2 is 1.47 bits per heavy atom. The summed E-state index contributed by atoms with van der Waals surface area (Å²) in [5.74, 6) is 0.278. The molecule has 0 saturated carbocycles. The van der Waals surface area contributed by atoms with E-state index in [1.54, 1.807) is 55.6 Å². The molecule has 0 radical (unpaired) electrons. The Labute approximate surface area is 175 Å². The molecule has 0 aliphatic heterocycles. The quantitative estimate of drug-likeness (QED) is 0.541. The van der Waals surface area contributed by atoms with Crippen molar-refractivity contribution in [3.8, 4) is 5.75 Å². The maximum absolute atomic E-state index is 12.5. The zero-order chi connectivity index (χ0) is 21.3. The highest BCUT2D eigenvalue weighted by Gasteiger charge is 2.10. The average molecular weight is 404 g/mol. The van der Waals surface area contributed by atoms with Crippen LogP contribution in [0.4, 0.5) is 11.4 Å². The maximum atomic E-state index is 12.5. The Hall–Kier alpha value is -3.64. The Kier molecular flexibility index (Phi) is 7.19. The van der Waals surface area contributed by atoms with Gasteiger partial charge in [-0.1, -0.05) is 18.2 Å². The first-order valence-electron chi connectivity index (χ1n) is 9.57. The highest BCUT2D eigenvalue weighted by atomic mass is 16.5. The van der Waals surface area contributed by atoms with E-state index < -0.39 is 0 Å². The minimum atomic E-state index is -0.223. The van der Waals surface area contributed by atoms with E-state index >= 15 is 0 Å². The number of benzene rings is 3. The Morgan fingerprint density at radius 3 is 2.13 bits per heavy atom. The molecule has 0 heterocycles. The molecule has 0 bridgehead atoms. The SMILES string of the molecule is COCCOc1ccc(C(=O)Nc2ccc(NC(=O)c3ccccc3)c(C)c2)cc1. The fraction of sp³-hybridized carbons (Fsp3) is 0.167. The Bertz CT molecular complexity index is 1000. The van der Waals surface area contributed by atoms with E-state index in [1.807, 2.05) is 31.2 Å². The van der Waals surface area contributed by atoms with Crippen molar-refractivity contribution in [3.63, 3.8) is 0 Å². The third kappa shape index (κ3) is 5.68. The molecule has 0 aliphatic rings. The van der Waals surface area contributed by atoms with E-state index in [2.05, 4.69) is 10.6 Å². The van der Waals surface area contributed by atoms with Gasteiger partial charge in [0, 0.05) is 29.6 Å². The zero-order valence-electron chi connectivity index (χ0n) is 17.0. The van der Waals surface area contributed by atoms with Gasteiger partial charge in [0.1, 0.15) is 12.4 Å². The summed E-state index contributed by atoms with van der Waals surface area (Å²) in [4.78, 5) is 24.8. The molecule has 2 N–H and O–H groups in total. The van der Waals surface area contributed by atoms with Gasteiger partial charge >= 0.3 is 0 Å². The van der Waals surface area contributed by atoms with Crippen LogP contribution < -0.4 is 15.4 Å². The molecule has 0 fully saturated rings. The van der Waals surface area contributed by atoms with Crippen molar-refractivity contribution in [1.29, 1.82) is 0 Å². The Morgan fingerprint density at radius 1 is 0.800 bits per heavy atom. The highest BCUT2D eigenvalue weighted by molar-refractivity contribution is 6.06. The van der Waals surface area contributed by atoms with Crippen LogP contribution >= 0.6 is 0 Å². The molecule has 30 heavy (non-hydrogen) atoms. The third-order valence-corrected chi connectivity index (χ3v) is 4.44. The van der Waals surface area contributed by atoms with E-state index in [0.29, 0.717) is 41.5 Å². The molecular weight excluding hydrogens is 380 g/mol. The number of rotatable bonds is 8. The predicted octanol–water partition coefficient (Wildman–Crippen LogP) is 4.52. The lowest BCUT2D eigenvalue weighted by Crippen LogP contribution is -2.14. The second-order valence-electron chi connectivity index (χ2n) is 6.67. The van der Waals surface area contributed by atoms with Crippen LogP contribution in [0, 0.1) is 6.92 Å². The molecule has 0 saturated heterocycles. The molecule has 154 valence electrons. The summed E-state index contributed by atoms with van der Waals surface area (Å²) in [6.07, 6.45) is 0. The molecule has 3 aromatic rings. The smallest absolute Gasteiger partial charge is 0.255 e. The number of hydrogen-bond donors (Lipinski definition) is 2. The van der Waals surface area contributed by atoms with E-state index in [9.17, 15) is 9.59 Å². The summed E-state index contributed by atoms with van der Waals surface area (Å²) < 4.78 is 10.4. The van der Waals surface area contributed by atoms with Gasteiger partial charge in [-0.05, 0) is 67.1 Å². The predicted molar refractivity (Wildman–Crippen MR) is 117 cm³/mol. The minimum absolute atomic E-state index is 0.178. The summed E-state index contributed by atoms with van der Waals surface area (Å²) in [7, 11) is 1.61.